The van der Waals surface area contributed by atoms with E-state index >= 15 is 0 Å². The van der Waals surface area contributed by atoms with Gasteiger partial charge in [0.15, 0.2) is 0 Å². The summed E-state index contributed by atoms with van der Waals surface area (Å²) < 4.78 is 1.79. The Morgan fingerprint density at radius 1 is 1.29 bits per heavy atom. The van der Waals surface area contributed by atoms with Gasteiger partial charge in [-0.05, 0) is 38.0 Å². The van der Waals surface area contributed by atoms with E-state index < -0.39 is 0 Å². The van der Waals surface area contributed by atoms with Gasteiger partial charge in [0.05, 0.1) is 6.04 Å². The Kier molecular flexibility index (Phi) is 3.60. The maximum Gasteiger partial charge on any atom is 0.254 e. The first-order valence-corrected chi connectivity index (χ1v) is 8.00. The predicted octanol–water partition coefficient (Wildman–Crippen LogP) is 2.28. The Morgan fingerprint density at radius 2 is 2.12 bits per heavy atom. The number of hydrogen-bond donors (Lipinski definition) is 1. The van der Waals surface area contributed by atoms with E-state index in [0.717, 1.165) is 36.6 Å². The topological polar surface area (TPSA) is 79.7 Å². The SMILES string of the molecule is Cc1cnc([C@@H]2CCCN2C(=O)c2cccc(-n3cnnc3)c2)[nH]1. The Morgan fingerprint density at radius 3 is 2.88 bits per heavy atom. The van der Waals surface area contributed by atoms with Crippen LogP contribution in [0.2, 0.25) is 0 Å². The molecule has 1 atom stereocenters. The van der Waals surface area contributed by atoms with Crippen LogP contribution in [0, 0.1) is 6.92 Å². The van der Waals surface area contributed by atoms with Crippen LogP contribution in [-0.4, -0.2) is 42.1 Å². The molecule has 7 nitrogen and oxygen atoms in total. The fraction of sp³-hybridized carbons (Fsp3) is 0.294. The van der Waals surface area contributed by atoms with E-state index in [0.29, 0.717) is 5.56 Å². The van der Waals surface area contributed by atoms with Gasteiger partial charge in [0.1, 0.15) is 18.5 Å². The number of aromatic amines is 1. The molecule has 1 aromatic carbocycles. The molecule has 3 heterocycles. The number of nitrogens with zero attached hydrogens (tertiary/aromatic N) is 5. The zero-order valence-corrected chi connectivity index (χ0v) is 13.4. The molecule has 3 aromatic rings. The second kappa shape index (κ2) is 5.92. The lowest BCUT2D eigenvalue weighted by atomic mass is 10.1. The van der Waals surface area contributed by atoms with Gasteiger partial charge in [0.25, 0.3) is 5.91 Å². The number of carbonyl (C=O) groups excluding carboxylic acids is 1. The summed E-state index contributed by atoms with van der Waals surface area (Å²) in [6.45, 7) is 2.72. The minimum Gasteiger partial charge on any atom is -0.344 e. The van der Waals surface area contributed by atoms with Crippen LogP contribution in [0.5, 0.6) is 0 Å². The lowest BCUT2D eigenvalue weighted by Crippen LogP contribution is -2.31. The van der Waals surface area contributed by atoms with Crippen LogP contribution < -0.4 is 0 Å². The second-order valence-corrected chi connectivity index (χ2v) is 6.03. The van der Waals surface area contributed by atoms with Crippen LogP contribution in [0.4, 0.5) is 0 Å². The van der Waals surface area contributed by atoms with Crippen molar-refractivity contribution in [3.05, 3.63) is 60.2 Å². The normalized spacial score (nSPS) is 17.4. The molecule has 1 aliphatic rings. The summed E-state index contributed by atoms with van der Waals surface area (Å²) in [5.74, 6) is 0.898. The van der Waals surface area contributed by atoms with Crippen molar-refractivity contribution in [3.8, 4) is 5.69 Å². The molecule has 0 unspecified atom stereocenters. The summed E-state index contributed by atoms with van der Waals surface area (Å²) in [5, 5.41) is 7.62. The minimum absolute atomic E-state index is 0.0183. The molecule has 1 aliphatic heterocycles. The van der Waals surface area contributed by atoms with E-state index in [1.807, 2.05) is 42.3 Å². The average Bonchev–Trinajstić information content (AvgIpc) is 3.35. The third-order valence-corrected chi connectivity index (χ3v) is 4.36. The molecule has 1 saturated heterocycles. The summed E-state index contributed by atoms with van der Waals surface area (Å²) in [7, 11) is 0. The quantitative estimate of drug-likeness (QED) is 0.802. The summed E-state index contributed by atoms with van der Waals surface area (Å²) in [5.41, 5.74) is 2.55. The highest BCUT2D eigenvalue weighted by Gasteiger charge is 2.32. The molecule has 0 aliphatic carbocycles. The molecular formula is C17H18N6O. The third kappa shape index (κ3) is 2.58. The van der Waals surface area contributed by atoms with E-state index in [9.17, 15) is 4.79 Å². The highest BCUT2D eigenvalue weighted by molar-refractivity contribution is 5.95. The van der Waals surface area contributed by atoms with Crippen LogP contribution in [0.3, 0.4) is 0 Å². The number of rotatable bonds is 3. The van der Waals surface area contributed by atoms with E-state index in [1.54, 1.807) is 17.2 Å². The Labute approximate surface area is 139 Å². The van der Waals surface area contributed by atoms with Crippen molar-refractivity contribution in [2.24, 2.45) is 0 Å². The van der Waals surface area contributed by atoms with Crippen LogP contribution in [0.25, 0.3) is 5.69 Å². The third-order valence-electron chi connectivity index (χ3n) is 4.36. The van der Waals surface area contributed by atoms with Crippen molar-refractivity contribution in [2.45, 2.75) is 25.8 Å². The van der Waals surface area contributed by atoms with Gasteiger partial charge in [-0.15, -0.1) is 10.2 Å². The molecule has 0 bridgehead atoms. The Bertz CT molecular complexity index is 854. The molecule has 1 fully saturated rings. The molecule has 24 heavy (non-hydrogen) atoms. The van der Waals surface area contributed by atoms with Crippen molar-refractivity contribution >= 4 is 5.91 Å². The highest BCUT2D eigenvalue weighted by Crippen LogP contribution is 2.31. The molecule has 1 amide bonds. The molecule has 0 saturated carbocycles. The van der Waals surface area contributed by atoms with Crippen molar-refractivity contribution in [1.29, 1.82) is 0 Å². The molecule has 1 N–H and O–H groups in total. The summed E-state index contributed by atoms with van der Waals surface area (Å²) >= 11 is 0. The summed E-state index contributed by atoms with van der Waals surface area (Å²) in [4.78, 5) is 22.6. The van der Waals surface area contributed by atoms with Crippen molar-refractivity contribution in [1.82, 2.24) is 29.6 Å². The fourth-order valence-corrected chi connectivity index (χ4v) is 3.20. The van der Waals surface area contributed by atoms with Gasteiger partial charge in [-0.2, -0.15) is 0 Å². The van der Waals surface area contributed by atoms with Crippen LogP contribution in [-0.2, 0) is 0 Å². The fourth-order valence-electron chi connectivity index (χ4n) is 3.20. The number of amides is 1. The van der Waals surface area contributed by atoms with Gasteiger partial charge in [-0.3, -0.25) is 9.36 Å². The van der Waals surface area contributed by atoms with Gasteiger partial charge < -0.3 is 9.88 Å². The molecule has 4 rings (SSSR count). The number of aromatic nitrogens is 5. The van der Waals surface area contributed by atoms with E-state index in [1.165, 1.54) is 0 Å². The standard InChI is InChI=1S/C17H18N6O/c1-12-9-18-16(21-12)15-6-3-7-23(15)17(24)13-4-2-5-14(8-13)22-10-19-20-11-22/h2,4-5,8-11,15H,3,6-7H2,1H3,(H,18,21)/t15-/m0/s1. The van der Waals surface area contributed by atoms with Gasteiger partial charge in [0, 0.05) is 29.7 Å². The van der Waals surface area contributed by atoms with Crippen LogP contribution in [0.1, 0.15) is 40.8 Å². The first-order valence-electron chi connectivity index (χ1n) is 8.00. The average molecular weight is 322 g/mol. The lowest BCUT2D eigenvalue weighted by molar-refractivity contribution is 0.0730. The number of aryl methyl sites for hydroxylation is 1. The molecular weight excluding hydrogens is 304 g/mol. The minimum atomic E-state index is 0.0183. The number of imidazole rings is 1. The first-order chi connectivity index (χ1) is 11.7. The van der Waals surface area contributed by atoms with Crippen molar-refractivity contribution in [3.63, 3.8) is 0 Å². The van der Waals surface area contributed by atoms with E-state index in [-0.39, 0.29) is 11.9 Å². The van der Waals surface area contributed by atoms with Crippen LogP contribution >= 0.6 is 0 Å². The van der Waals surface area contributed by atoms with E-state index in [2.05, 4.69) is 20.2 Å². The second-order valence-electron chi connectivity index (χ2n) is 6.03. The van der Waals surface area contributed by atoms with Crippen molar-refractivity contribution < 1.29 is 4.79 Å². The zero-order chi connectivity index (χ0) is 16.5. The monoisotopic (exact) mass is 322 g/mol. The molecule has 7 heteroatoms. The van der Waals surface area contributed by atoms with E-state index in [4.69, 9.17) is 0 Å². The smallest absolute Gasteiger partial charge is 0.254 e. The van der Waals surface area contributed by atoms with Gasteiger partial charge in [-0.25, -0.2) is 4.98 Å². The summed E-state index contributed by atoms with van der Waals surface area (Å²) in [6, 6.07) is 7.54. The molecule has 122 valence electrons. The Hall–Kier alpha value is -2.96. The first kappa shape index (κ1) is 14.6. The largest absolute Gasteiger partial charge is 0.344 e. The number of hydrogen-bond acceptors (Lipinski definition) is 4. The van der Waals surface area contributed by atoms with Gasteiger partial charge >= 0.3 is 0 Å². The Balaban J connectivity index is 1.62. The zero-order valence-electron chi connectivity index (χ0n) is 13.4. The molecule has 2 aromatic heterocycles. The maximum absolute atomic E-state index is 13.0. The number of carbonyl (C=O) groups is 1. The number of benzene rings is 1. The lowest BCUT2D eigenvalue weighted by Gasteiger charge is -2.23. The molecule has 0 spiro atoms. The predicted molar refractivity (Wildman–Crippen MR) is 87.7 cm³/mol. The number of H-pyrrole nitrogens is 1. The number of nitrogens with one attached hydrogen (secondary N) is 1. The number of likely N-dealkylation sites (tertiary alicyclic amines) is 1. The van der Waals surface area contributed by atoms with Gasteiger partial charge in [0.2, 0.25) is 0 Å². The maximum atomic E-state index is 13.0. The molecule has 0 radical (unpaired) electrons. The summed E-state index contributed by atoms with van der Waals surface area (Å²) in [6.07, 6.45) is 6.97. The van der Waals surface area contributed by atoms with Crippen LogP contribution in [0.15, 0.2) is 43.1 Å². The highest BCUT2D eigenvalue weighted by atomic mass is 16.2. The van der Waals surface area contributed by atoms with Crippen molar-refractivity contribution in [2.75, 3.05) is 6.54 Å². The van der Waals surface area contributed by atoms with Gasteiger partial charge in [-0.1, -0.05) is 6.07 Å².